The van der Waals surface area contributed by atoms with Crippen LogP contribution in [0.4, 0.5) is 0 Å². The van der Waals surface area contributed by atoms with Crippen LogP contribution in [0.2, 0.25) is 0 Å². The van der Waals surface area contributed by atoms with Gasteiger partial charge < -0.3 is 10.6 Å². The molecule has 2 N–H and O–H groups in total. The van der Waals surface area contributed by atoms with E-state index in [4.69, 9.17) is 0 Å². The second kappa shape index (κ2) is 8.31. The fourth-order valence-electron chi connectivity index (χ4n) is 5.17. The normalized spacial score (nSPS) is 20.5. The van der Waals surface area contributed by atoms with Crippen LogP contribution in [0.5, 0.6) is 0 Å². The summed E-state index contributed by atoms with van der Waals surface area (Å²) in [5, 5.41) is 5.77. The highest BCUT2D eigenvalue weighted by Crippen LogP contribution is 2.55. The lowest BCUT2D eigenvalue weighted by Gasteiger charge is -2.45. The fraction of sp³-hybridized carbons (Fsp3) is 0.231. The van der Waals surface area contributed by atoms with Crippen LogP contribution >= 0.6 is 15.9 Å². The summed E-state index contributed by atoms with van der Waals surface area (Å²) in [5.41, 5.74) is 6.15. The molecule has 0 aliphatic heterocycles. The molecule has 3 aliphatic carbocycles. The van der Waals surface area contributed by atoms with Crippen molar-refractivity contribution in [3.8, 4) is 0 Å². The van der Waals surface area contributed by atoms with Crippen molar-refractivity contribution < 1.29 is 9.59 Å². The number of halogens is 1. The average molecular weight is 475 g/mol. The second-order valence-electron chi connectivity index (χ2n) is 8.25. The molecule has 156 valence electrons. The van der Waals surface area contributed by atoms with Crippen LogP contribution in [0, 0.1) is 5.92 Å². The molecule has 6 rings (SSSR count). The molecular weight excluding hydrogens is 452 g/mol. The molecule has 3 aromatic rings. The van der Waals surface area contributed by atoms with Gasteiger partial charge >= 0.3 is 0 Å². The number of rotatable bonds is 5. The first-order chi connectivity index (χ1) is 15.1. The quantitative estimate of drug-likeness (QED) is 0.567. The molecular formula is C26H23BrN2O2. The van der Waals surface area contributed by atoms with Crippen LogP contribution in [0.25, 0.3) is 0 Å². The number of fused-ring (bicyclic) bond motifs is 1. The lowest BCUT2D eigenvalue weighted by atomic mass is 9.59. The van der Waals surface area contributed by atoms with Crippen molar-refractivity contribution in [2.24, 2.45) is 5.92 Å². The zero-order chi connectivity index (χ0) is 21.4. The molecule has 0 spiro atoms. The van der Waals surface area contributed by atoms with Gasteiger partial charge in [-0.2, -0.15) is 0 Å². The summed E-state index contributed by atoms with van der Waals surface area (Å²) in [5.74, 6) is 0.602. The highest BCUT2D eigenvalue weighted by atomic mass is 79.9. The minimum Gasteiger partial charge on any atom is -0.354 e. The van der Waals surface area contributed by atoms with Gasteiger partial charge in [-0.1, -0.05) is 60.7 Å². The Morgan fingerprint density at radius 2 is 1.39 bits per heavy atom. The molecule has 5 heteroatoms. The lowest BCUT2D eigenvalue weighted by Crippen LogP contribution is -2.42. The third kappa shape index (κ3) is 3.68. The smallest absolute Gasteiger partial charge is 0.252 e. The summed E-state index contributed by atoms with van der Waals surface area (Å²) >= 11 is 3.37. The first kappa shape index (κ1) is 20.0. The van der Waals surface area contributed by atoms with Gasteiger partial charge in [-0.25, -0.2) is 0 Å². The predicted molar refractivity (Wildman–Crippen MR) is 124 cm³/mol. The van der Waals surface area contributed by atoms with Gasteiger partial charge in [0.15, 0.2) is 0 Å². The van der Waals surface area contributed by atoms with E-state index in [9.17, 15) is 9.59 Å². The standard InChI is InChI=1S/C26H23BrN2O2/c27-23-12-6-5-11-21(23)26(31)29-15-24(30)28-14-16-13-22-17-7-1-3-9-19(17)25(16)20-10-4-2-8-18(20)22/h1-12,16,22,25H,13-15H2,(H,28,30)(H,29,31)/t16-,22?,25?/m0/s1. The molecule has 0 fully saturated rings. The Kier molecular flexibility index (Phi) is 5.36. The van der Waals surface area contributed by atoms with E-state index in [0.29, 0.717) is 34.3 Å². The van der Waals surface area contributed by atoms with E-state index in [1.165, 1.54) is 22.3 Å². The zero-order valence-electron chi connectivity index (χ0n) is 17.0. The first-order valence-corrected chi connectivity index (χ1v) is 11.4. The van der Waals surface area contributed by atoms with Crippen LogP contribution in [0.3, 0.4) is 0 Å². The molecule has 2 bridgehead atoms. The molecule has 4 nitrogen and oxygen atoms in total. The minimum absolute atomic E-state index is 0.0336. The molecule has 31 heavy (non-hydrogen) atoms. The Labute approximate surface area is 190 Å². The number of amides is 2. The van der Waals surface area contributed by atoms with Gasteiger partial charge in [-0.05, 0) is 62.7 Å². The summed E-state index contributed by atoms with van der Waals surface area (Å²) in [6.45, 7) is 0.571. The van der Waals surface area contributed by atoms with Crippen LogP contribution in [0.15, 0.2) is 77.3 Å². The Bertz CT molecular complexity index is 1110. The molecule has 0 radical (unpaired) electrons. The van der Waals surface area contributed by atoms with Crippen molar-refractivity contribution in [3.05, 3.63) is 105 Å². The van der Waals surface area contributed by atoms with Crippen LogP contribution < -0.4 is 10.6 Å². The topological polar surface area (TPSA) is 58.2 Å². The van der Waals surface area contributed by atoms with Crippen LogP contribution in [0.1, 0.15) is 50.9 Å². The van der Waals surface area contributed by atoms with E-state index < -0.39 is 0 Å². The zero-order valence-corrected chi connectivity index (χ0v) is 18.6. The summed E-state index contributed by atoms with van der Waals surface area (Å²) in [6, 6.07) is 24.6. The molecule has 2 amide bonds. The molecule has 0 saturated heterocycles. The van der Waals surface area contributed by atoms with Crippen molar-refractivity contribution in [1.82, 2.24) is 10.6 Å². The van der Waals surface area contributed by atoms with E-state index in [-0.39, 0.29) is 18.4 Å². The van der Waals surface area contributed by atoms with Gasteiger partial charge in [-0.15, -0.1) is 0 Å². The van der Waals surface area contributed by atoms with Gasteiger partial charge in [0.2, 0.25) is 5.91 Å². The van der Waals surface area contributed by atoms with E-state index >= 15 is 0 Å². The van der Waals surface area contributed by atoms with Crippen molar-refractivity contribution in [1.29, 1.82) is 0 Å². The molecule has 1 atom stereocenters. The first-order valence-electron chi connectivity index (χ1n) is 10.6. The molecule has 0 heterocycles. The fourth-order valence-corrected chi connectivity index (χ4v) is 5.63. The molecule has 0 aromatic heterocycles. The van der Waals surface area contributed by atoms with Gasteiger partial charge in [0.1, 0.15) is 0 Å². The van der Waals surface area contributed by atoms with E-state index in [1.807, 2.05) is 12.1 Å². The van der Waals surface area contributed by atoms with Gasteiger partial charge in [0, 0.05) is 22.9 Å². The Morgan fingerprint density at radius 3 is 2.03 bits per heavy atom. The van der Waals surface area contributed by atoms with Gasteiger partial charge in [0.05, 0.1) is 12.1 Å². The largest absolute Gasteiger partial charge is 0.354 e. The maximum atomic E-state index is 12.5. The molecule has 0 unspecified atom stereocenters. The molecule has 0 saturated carbocycles. The van der Waals surface area contributed by atoms with E-state index in [1.54, 1.807) is 12.1 Å². The van der Waals surface area contributed by atoms with Crippen molar-refractivity contribution >= 4 is 27.7 Å². The van der Waals surface area contributed by atoms with Crippen molar-refractivity contribution in [2.45, 2.75) is 18.3 Å². The Hall–Kier alpha value is -2.92. The lowest BCUT2D eigenvalue weighted by molar-refractivity contribution is -0.120. The van der Waals surface area contributed by atoms with E-state index in [0.717, 1.165) is 6.42 Å². The average Bonchev–Trinajstić information content (AvgIpc) is 2.81. The summed E-state index contributed by atoms with van der Waals surface area (Å²) in [4.78, 5) is 24.8. The maximum absolute atomic E-state index is 12.5. The summed E-state index contributed by atoms with van der Waals surface area (Å²) in [7, 11) is 0. The summed E-state index contributed by atoms with van der Waals surface area (Å²) < 4.78 is 0.712. The molecule has 3 aromatic carbocycles. The van der Waals surface area contributed by atoms with E-state index in [2.05, 4.69) is 75.1 Å². The maximum Gasteiger partial charge on any atom is 0.252 e. The Balaban J connectivity index is 1.25. The highest BCUT2D eigenvalue weighted by Gasteiger charge is 2.42. The van der Waals surface area contributed by atoms with Crippen molar-refractivity contribution in [3.63, 3.8) is 0 Å². The molecule has 3 aliphatic rings. The Morgan fingerprint density at radius 1 is 0.806 bits per heavy atom. The monoisotopic (exact) mass is 474 g/mol. The van der Waals surface area contributed by atoms with Crippen molar-refractivity contribution in [2.75, 3.05) is 13.1 Å². The number of benzene rings is 3. The SMILES string of the molecule is O=C(CNC(=O)c1ccccc1Br)NC[C@@H]1CC2c3ccccc3C1c1ccccc12. The van der Waals surface area contributed by atoms with Crippen LogP contribution in [-0.4, -0.2) is 24.9 Å². The number of nitrogens with one attached hydrogen (secondary N) is 2. The number of carbonyl (C=O) groups is 2. The van der Waals surface area contributed by atoms with Gasteiger partial charge in [-0.3, -0.25) is 9.59 Å². The number of hydrogen-bond donors (Lipinski definition) is 2. The third-order valence-electron chi connectivity index (χ3n) is 6.51. The summed E-state index contributed by atoms with van der Waals surface area (Å²) in [6.07, 6.45) is 1.03. The highest BCUT2D eigenvalue weighted by molar-refractivity contribution is 9.10. The number of hydrogen-bond acceptors (Lipinski definition) is 2. The minimum atomic E-state index is -0.262. The third-order valence-corrected chi connectivity index (χ3v) is 7.20. The van der Waals surface area contributed by atoms with Gasteiger partial charge in [0.25, 0.3) is 5.91 Å². The predicted octanol–water partition coefficient (Wildman–Crippen LogP) is 4.59. The van der Waals surface area contributed by atoms with Crippen LogP contribution in [-0.2, 0) is 4.79 Å². The number of carbonyl (C=O) groups excluding carboxylic acids is 2. The second-order valence-corrected chi connectivity index (χ2v) is 9.10.